The van der Waals surface area contributed by atoms with Gasteiger partial charge in [0.25, 0.3) is 5.56 Å². The predicted molar refractivity (Wildman–Crippen MR) is 126 cm³/mol. The van der Waals surface area contributed by atoms with Gasteiger partial charge in [-0.15, -0.1) is 0 Å². The normalized spacial score (nSPS) is 15.6. The van der Waals surface area contributed by atoms with Crippen molar-refractivity contribution in [1.82, 2.24) is 4.57 Å². The number of nitrogens with zero attached hydrogens (tertiary/aromatic N) is 2. The lowest BCUT2D eigenvalue weighted by atomic mass is 9.95. The largest absolute Gasteiger partial charge is 0.493 e. The van der Waals surface area contributed by atoms with Gasteiger partial charge in [-0.05, 0) is 43.7 Å². The number of benzene rings is 2. The monoisotopic (exact) mass is 482 g/mol. The van der Waals surface area contributed by atoms with Crippen LogP contribution >= 0.6 is 11.3 Å². The van der Waals surface area contributed by atoms with Gasteiger partial charge >= 0.3 is 5.97 Å². The summed E-state index contributed by atoms with van der Waals surface area (Å²) in [5, 5.41) is 0. The fourth-order valence-electron chi connectivity index (χ4n) is 3.86. The number of carbonyl (C=O) groups is 1. The van der Waals surface area contributed by atoms with E-state index in [1.165, 1.54) is 30.9 Å². The molecule has 0 radical (unpaired) electrons. The van der Waals surface area contributed by atoms with Crippen molar-refractivity contribution in [2.24, 2.45) is 4.99 Å². The molecule has 0 N–H and O–H groups in total. The Labute approximate surface area is 199 Å². The SMILES string of the molecule is CCOC(=O)C1=C(C)N=c2s/c(=C/c3ccccc3F)c(=O)n2C1c1ccc(OC)c(OC)c1. The average molecular weight is 483 g/mol. The van der Waals surface area contributed by atoms with Gasteiger partial charge in [-0.1, -0.05) is 35.6 Å². The molecule has 1 atom stereocenters. The number of aromatic nitrogens is 1. The molecule has 2 heterocycles. The molecule has 0 saturated heterocycles. The molecule has 9 heteroatoms. The number of carbonyl (C=O) groups excluding carboxylic acids is 1. The Balaban J connectivity index is 1.99. The molecule has 0 bridgehead atoms. The highest BCUT2D eigenvalue weighted by Gasteiger charge is 2.33. The van der Waals surface area contributed by atoms with E-state index in [9.17, 15) is 14.0 Å². The molecule has 0 fully saturated rings. The van der Waals surface area contributed by atoms with Crippen LogP contribution in [0.3, 0.4) is 0 Å². The molecule has 0 amide bonds. The topological polar surface area (TPSA) is 79.1 Å². The number of thiazole rings is 1. The minimum absolute atomic E-state index is 0.173. The predicted octanol–water partition coefficient (Wildman–Crippen LogP) is 2.95. The Hall–Kier alpha value is -3.72. The van der Waals surface area contributed by atoms with E-state index in [1.54, 1.807) is 50.2 Å². The first-order valence-corrected chi connectivity index (χ1v) is 11.4. The van der Waals surface area contributed by atoms with E-state index >= 15 is 0 Å². The van der Waals surface area contributed by atoms with Gasteiger partial charge in [0.05, 0.1) is 42.7 Å². The van der Waals surface area contributed by atoms with Crippen molar-refractivity contribution in [3.8, 4) is 11.5 Å². The highest BCUT2D eigenvalue weighted by molar-refractivity contribution is 7.07. The second-order valence-electron chi connectivity index (χ2n) is 7.44. The first-order chi connectivity index (χ1) is 16.4. The number of esters is 1. The molecule has 7 nitrogen and oxygen atoms in total. The number of fused-ring (bicyclic) bond motifs is 1. The van der Waals surface area contributed by atoms with Crippen LogP contribution in [0.1, 0.15) is 31.0 Å². The lowest BCUT2D eigenvalue weighted by Gasteiger charge is -2.25. The number of halogens is 1. The van der Waals surface area contributed by atoms with Crippen LogP contribution in [0.4, 0.5) is 4.39 Å². The Morgan fingerprint density at radius 1 is 1.18 bits per heavy atom. The number of allylic oxidation sites excluding steroid dienone is 1. The maximum atomic E-state index is 14.2. The maximum Gasteiger partial charge on any atom is 0.338 e. The van der Waals surface area contributed by atoms with Gasteiger partial charge in [-0.25, -0.2) is 14.2 Å². The highest BCUT2D eigenvalue weighted by Crippen LogP contribution is 2.36. The van der Waals surface area contributed by atoms with Gasteiger partial charge in [0.15, 0.2) is 16.3 Å². The van der Waals surface area contributed by atoms with E-state index in [0.717, 1.165) is 11.3 Å². The van der Waals surface area contributed by atoms with Crippen LogP contribution in [0.15, 0.2) is 63.5 Å². The van der Waals surface area contributed by atoms with Crippen LogP contribution < -0.4 is 24.4 Å². The molecule has 3 aromatic rings. The molecule has 1 aliphatic heterocycles. The quantitative estimate of drug-likeness (QED) is 0.505. The first kappa shape index (κ1) is 23.4. The van der Waals surface area contributed by atoms with E-state index in [1.807, 2.05) is 0 Å². The Kier molecular flexibility index (Phi) is 6.65. The van der Waals surface area contributed by atoms with Crippen LogP contribution in [0.2, 0.25) is 0 Å². The number of hydrogen-bond donors (Lipinski definition) is 0. The van der Waals surface area contributed by atoms with Crippen LogP contribution in [0.5, 0.6) is 11.5 Å². The van der Waals surface area contributed by atoms with Crippen LogP contribution in [0.25, 0.3) is 6.08 Å². The summed E-state index contributed by atoms with van der Waals surface area (Å²) in [6, 6.07) is 10.6. The van der Waals surface area contributed by atoms with Gasteiger partial charge < -0.3 is 14.2 Å². The fourth-order valence-corrected chi connectivity index (χ4v) is 4.90. The molecule has 0 aliphatic carbocycles. The van der Waals surface area contributed by atoms with Crippen LogP contribution in [-0.2, 0) is 9.53 Å². The summed E-state index contributed by atoms with van der Waals surface area (Å²) in [4.78, 5) is 31.4. The smallest absolute Gasteiger partial charge is 0.338 e. The average Bonchev–Trinajstić information content (AvgIpc) is 3.13. The second kappa shape index (κ2) is 9.64. The van der Waals surface area contributed by atoms with Crippen molar-refractivity contribution in [1.29, 1.82) is 0 Å². The Morgan fingerprint density at radius 2 is 1.91 bits per heavy atom. The van der Waals surface area contributed by atoms with Gasteiger partial charge in [-0.2, -0.15) is 0 Å². The molecule has 1 aliphatic rings. The summed E-state index contributed by atoms with van der Waals surface area (Å²) < 4.78 is 32.1. The van der Waals surface area contributed by atoms with Crippen molar-refractivity contribution in [3.05, 3.63) is 90.4 Å². The van der Waals surface area contributed by atoms with E-state index < -0.39 is 17.8 Å². The van der Waals surface area contributed by atoms with Gasteiger partial charge in [-0.3, -0.25) is 9.36 Å². The summed E-state index contributed by atoms with van der Waals surface area (Å²) in [5.74, 6) is -0.0389. The molecule has 4 rings (SSSR count). The third-order valence-corrected chi connectivity index (χ3v) is 6.42. The number of methoxy groups -OCH3 is 2. The molecular formula is C25H23FN2O5S. The lowest BCUT2D eigenvalue weighted by Crippen LogP contribution is -2.40. The Bertz CT molecular complexity index is 1470. The van der Waals surface area contributed by atoms with Crippen molar-refractivity contribution < 1.29 is 23.4 Å². The molecule has 34 heavy (non-hydrogen) atoms. The summed E-state index contributed by atoms with van der Waals surface area (Å²) in [6.07, 6.45) is 1.49. The number of rotatable bonds is 6. The molecular weight excluding hydrogens is 459 g/mol. The number of hydrogen-bond acceptors (Lipinski definition) is 7. The van der Waals surface area contributed by atoms with Crippen molar-refractivity contribution >= 4 is 23.4 Å². The minimum Gasteiger partial charge on any atom is -0.493 e. The van der Waals surface area contributed by atoms with Crippen molar-refractivity contribution in [2.75, 3.05) is 20.8 Å². The highest BCUT2D eigenvalue weighted by atomic mass is 32.1. The van der Waals surface area contributed by atoms with E-state index in [-0.39, 0.29) is 23.3 Å². The summed E-state index contributed by atoms with van der Waals surface area (Å²) >= 11 is 1.13. The summed E-state index contributed by atoms with van der Waals surface area (Å²) in [5.41, 5.74) is 1.21. The molecule has 176 valence electrons. The third-order valence-electron chi connectivity index (χ3n) is 5.43. The van der Waals surface area contributed by atoms with E-state index in [2.05, 4.69) is 4.99 Å². The third kappa shape index (κ3) is 4.14. The van der Waals surface area contributed by atoms with Gasteiger partial charge in [0.1, 0.15) is 5.82 Å². The molecule has 1 aromatic heterocycles. The van der Waals surface area contributed by atoms with Crippen LogP contribution in [-0.4, -0.2) is 31.4 Å². The summed E-state index contributed by atoms with van der Waals surface area (Å²) in [7, 11) is 3.03. The van der Waals surface area contributed by atoms with Crippen molar-refractivity contribution in [3.63, 3.8) is 0 Å². The zero-order valence-corrected chi connectivity index (χ0v) is 19.9. The minimum atomic E-state index is -0.808. The molecule has 1 unspecified atom stereocenters. The first-order valence-electron chi connectivity index (χ1n) is 10.6. The van der Waals surface area contributed by atoms with E-state index in [4.69, 9.17) is 14.2 Å². The second-order valence-corrected chi connectivity index (χ2v) is 8.45. The van der Waals surface area contributed by atoms with E-state index in [0.29, 0.717) is 32.1 Å². The lowest BCUT2D eigenvalue weighted by molar-refractivity contribution is -0.139. The van der Waals surface area contributed by atoms with Crippen molar-refractivity contribution in [2.45, 2.75) is 19.9 Å². The molecule has 2 aromatic carbocycles. The number of ether oxygens (including phenoxy) is 3. The Morgan fingerprint density at radius 3 is 2.59 bits per heavy atom. The fraction of sp³-hybridized carbons (Fsp3) is 0.240. The maximum absolute atomic E-state index is 14.2. The van der Waals surface area contributed by atoms with Gasteiger partial charge in [0.2, 0.25) is 0 Å². The zero-order chi connectivity index (χ0) is 24.4. The van der Waals surface area contributed by atoms with Gasteiger partial charge in [0, 0.05) is 5.56 Å². The molecule has 0 saturated carbocycles. The summed E-state index contributed by atoms with van der Waals surface area (Å²) in [6.45, 7) is 3.59. The molecule has 0 spiro atoms. The van der Waals surface area contributed by atoms with Crippen LogP contribution in [0, 0.1) is 5.82 Å². The standard InChI is InChI=1S/C25H23FN2O5S/c1-5-33-24(30)21-14(2)27-25-28(22(21)16-10-11-18(31-3)19(12-16)32-4)23(29)20(34-25)13-15-8-6-7-9-17(15)26/h6-13,22H,5H2,1-4H3/b20-13+. The zero-order valence-electron chi connectivity index (χ0n) is 19.1.